The van der Waals surface area contributed by atoms with E-state index < -0.39 is 5.54 Å². The molecule has 0 saturated carbocycles. The van der Waals surface area contributed by atoms with Gasteiger partial charge in [0.05, 0.1) is 12.1 Å². The molecule has 4 nitrogen and oxygen atoms in total. The Balaban J connectivity index is 3.46. The highest BCUT2D eigenvalue weighted by Gasteiger charge is 2.23. The van der Waals surface area contributed by atoms with Crippen LogP contribution in [0.1, 0.15) is 27.2 Å². The molecule has 0 aromatic carbocycles. The van der Waals surface area contributed by atoms with E-state index in [-0.39, 0.29) is 5.91 Å². The Kier molecular flexibility index (Phi) is 5.66. The molecule has 0 atom stereocenters. The Morgan fingerprint density at radius 2 is 2.08 bits per heavy atom. The lowest BCUT2D eigenvalue weighted by molar-refractivity contribution is -0.123. The van der Waals surface area contributed by atoms with E-state index in [1.165, 1.54) is 0 Å². The van der Waals surface area contributed by atoms with Crippen molar-refractivity contribution in [1.82, 2.24) is 5.32 Å². The summed E-state index contributed by atoms with van der Waals surface area (Å²) in [7, 11) is 0. The first-order valence-corrected chi connectivity index (χ1v) is 4.63. The zero-order valence-corrected chi connectivity index (χ0v) is 8.72. The summed E-state index contributed by atoms with van der Waals surface area (Å²) in [5.74, 6) is -0.344. The second-order valence-electron chi connectivity index (χ2n) is 3.53. The third-order valence-corrected chi connectivity index (χ3v) is 1.78. The van der Waals surface area contributed by atoms with Crippen LogP contribution in [0, 0.1) is 0 Å². The first-order valence-electron chi connectivity index (χ1n) is 4.63. The van der Waals surface area contributed by atoms with Crippen LogP contribution in [0.2, 0.25) is 0 Å². The Hall–Kier alpha value is -0.610. The minimum Gasteiger partial charge on any atom is -0.380 e. The van der Waals surface area contributed by atoms with Gasteiger partial charge in [-0.1, -0.05) is 6.92 Å². The largest absolute Gasteiger partial charge is 0.380 e. The Bertz CT molecular complexity index is 158. The average molecular weight is 188 g/mol. The maximum atomic E-state index is 10.9. The van der Waals surface area contributed by atoms with Gasteiger partial charge in [0.2, 0.25) is 5.91 Å². The fourth-order valence-electron chi connectivity index (χ4n) is 0.769. The highest BCUT2D eigenvalue weighted by atomic mass is 16.5. The Morgan fingerprint density at radius 1 is 1.46 bits per heavy atom. The highest BCUT2D eigenvalue weighted by molar-refractivity contribution is 5.83. The third-order valence-electron chi connectivity index (χ3n) is 1.78. The summed E-state index contributed by atoms with van der Waals surface area (Å²) in [4.78, 5) is 10.9. The van der Waals surface area contributed by atoms with Gasteiger partial charge in [-0.25, -0.2) is 0 Å². The SMILES string of the molecule is CCCOCCNC(C)(C)C(N)=O. The number of hydrogen-bond acceptors (Lipinski definition) is 3. The van der Waals surface area contributed by atoms with Gasteiger partial charge in [-0.05, 0) is 20.3 Å². The summed E-state index contributed by atoms with van der Waals surface area (Å²) in [6.45, 7) is 7.60. The van der Waals surface area contributed by atoms with E-state index in [1.54, 1.807) is 13.8 Å². The van der Waals surface area contributed by atoms with E-state index in [1.807, 2.05) is 0 Å². The summed E-state index contributed by atoms with van der Waals surface area (Å²) in [5.41, 5.74) is 4.53. The van der Waals surface area contributed by atoms with Gasteiger partial charge in [0, 0.05) is 13.2 Å². The molecule has 0 bridgehead atoms. The highest BCUT2D eigenvalue weighted by Crippen LogP contribution is 1.98. The van der Waals surface area contributed by atoms with Crippen LogP contribution in [0.25, 0.3) is 0 Å². The maximum absolute atomic E-state index is 10.9. The van der Waals surface area contributed by atoms with Crippen molar-refractivity contribution in [1.29, 1.82) is 0 Å². The molecule has 0 saturated heterocycles. The minimum absolute atomic E-state index is 0.344. The molecular formula is C9H20N2O2. The van der Waals surface area contributed by atoms with Crippen molar-refractivity contribution in [3.05, 3.63) is 0 Å². The van der Waals surface area contributed by atoms with Crippen LogP contribution in [0.5, 0.6) is 0 Å². The van der Waals surface area contributed by atoms with Crippen molar-refractivity contribution in [3.63, 3.8) is 0 Å². The average Bonchev–Trinajstić information content (AvgIpc) is 2.03. The number of hydrogen-bond donors (Lipinski definition) is 2. The Labute approximate surface area is 79.8 Å². The van der Waals surface area contributed by atoms with Crippen LogP contribution < -0.4 is 11.1 Å². The van der Waals surface area contributed by atoms with Gasteiger partial charge in [-0.2, -0.15) is 0 Å². The molecule has 0 radical (unpaired) electrons. The Morgan fingerprint density at radius 3 is 2.54 bits per heavy atom. The van der Waals surface area contributed by atoms with Crippen molar-refractivity contribution in [2.45, 2.75) is 32.7 Å². The van der Waals surface area contributed by atoms with Crippen LogP contribution in [-0.4, -0.2) is 31.2 Å². The van der Waals surface area contributed by atoms with Gasteiger partial charge in [0.1, 0.15) is 0 Å². The molecule has 0 aromatic heterocycles. The standard InChI is InChI=1S/C9H20N2O2/c1-4-6-13-7-5-11-9(2,3)8(10)12/h11H,4-7H2,1-3H3,(H2,10,12). The summed E-state index contributed by atoms with van der Waals surface area (Å²) in [5, 5.41) is 3.02. The summed E-state index contributed by atoms with van der Waals surface area (Å²) < 4.78 is 5.24. The van der Waals surface area contributed by atoms with E-state index in [4.69, 9.17) is 10.5 Å². The predicted molar refractivity (Wildman–Crippen MR) is 52.4 cm³/mol. The van der Waals surface area contributed by atoms with Crippen molar-refractivity contribution in [2.75, 3.05) is 19.8 Å². The molecule has 78 valence electrons. The monoisotopic (exact) mass is 188 g/mol. The van der Waals surface area contributed by atoms with E-state index in [0.29, 0.717) is 13.2 Å². The quantitative estimate of drug-likeness (QED) is 0.563. The lowest BCUT2D eigenvalue weighted by atomic mass is 10.1. The zero-order valence-electron chi connectivity index (χ0n) is 8.72. The van der Waals surface area contributed by atoms with Gasteiger partial charge in [-0.15, -0.1) is 0 Å². The van der Waals surface area contributed by atoms with Crippen molar-refractivity contribution >= 4 is 5.91 Å². The fraction of sp³-hybridized carbons (Fsp3) is 0.889. The van der Waals surface area contributed by atoms with Gasteiger partial charge < -0.3 is 15.8 Å². The molecule has 3 N–H and O–H groups in total. The normalized spacial score (nSPS) is 11.6. The van der Waals surface area contributed by atoms with Crippen molar-refractivity contribution < 1.29 is 9.53 Å². The molecule has 0 rings (SSSR count). The molecule has 0 spiro atoms. The number of ether oxygens (including phenoxy) is 1. The predicted octanol–water partition coefficient (Wildman–Crippen LogP) is 0.267. The van der Waals surface area contributed by atoms with Crippen LogP contribution >= 0.6 is 0 Å². The molecular weight excluding hydrogens is 168 g/mol. The van der Waals surface area contributed by atoms with Gasteiger partial charge in [0.15, 0.2) is 0 Å². The van der Waals surface area contributed by atoms with Crippen LogP contribution in [0.4, 0.5) is 0 Å². The number of carbonyl (C=O) groups is 1. The van der Waals surface area contributed by atoms with E-state index in [0.717, 1.165) is 13.0 Å². The number of rotatable bonds is 7. The van der Waals surface area contributed by atoms with Crippen LogP contribution in [0.3, 0.4) is 0 Å². The summed E-state index contributed by atoms with van der Waals surface area (Å²) in [6, 6.07) is 0. The van der Waals surface area contributed by atoms with Gasteiger partial charge in [0.25, 0.3) is 0 Å². The lowest BCUT2D eigenvalue weighted by Gasteiger charge is -2.22. The minimum atomic E-state index is -0.643. The first kappa shape index (κ1) is 12.4. The molecule has 1 amide bonds. The molecule has 0 aromatic rings. The summed E-state index contributed by atoms with van der Waals surface area (Å²) in [6.07, 6.45) is 1.01. The van der Waals surface area contributed by atoms with E-state index in [2.05, 4.69) is 12.2 Å². The molecule has 0 aliphatic rings. The van der Waals surface area contributed by atoms with Crippen molar-refractivity contribution in [3.8, 4) is 0 Å². The summed E-state index contributed by atoms with van der Waals surface area (Å²) >= 11 is 0. The zero-order chi connectivity index (χ0) is 10.3. The van der Waals surface area contributed by atoms with Gasteiger partial charge in [-0.3, -0.25) is 4.79 Å². The lowest BCUT2D eigenvalue weighted by Crippen LogP contribution is -2.51. The molecule has 0 unspecified atom stereocenters. The number of amides is 1. The van der Waals surface area contributed by atoms with Crippen molar-refractivity contribution in [2.24, 2.45) is 5.73 Å². The number of carbonyl (C=O) groups excluding carboxylic acids is 1. The third kappa shape index (κ3) is 5.60. The second-order valence-corrected chi connectivity index (χ2v) is 3.53. The fourth-order valence-corrected chi connectivity index (χ4v) is 0.769. The smallest absolute Gasteiger partial charge is 0.237 e. The molecule has 0 aliphatic heterocycles. The maximum Gasteiger partial charge on any atom is 0.237 e. The van der Waals surface area contributed by atoms with E-state index in [9.17, 15) is 4.79 Å². The molecule has 0 aliphatic carbocycles. The van der Waals surface area contributed by atoms with Gasteiger partial charge >= 0.3 is 0 Å². The number of primary amides is 1. The van der Waals surface area contributed by atoms with E-state index >= 15 is 0 Å². The topological polar surface area (TPSA) is 64.3 Å². The molecule has 0 heterocycles. The molecule has 13 heavy (non-hydrogen) atoms. The van der Waals surface area contributed by atoms with Crippen LogP contribution in [-0.2, 0) is 9.53 Å². The molecule has 4 heteroatoms. The van der Waals surface area contributed by atoms with Crippen LogP contribution in [0.15, 0.2) is 0 Å². The number of nitrogens with one attached hydrogen (secondary N) is 1. The number of nitrogens with two attached hydrogens (primary N) is 1. The first-order chi connectivity index (χ1) is 6.00. The second kappa shape index (κ2) is 5.94. The molecule has 0 fully saturated rings.